The number of carbonyl (C=O) groups is 2. The fourth-order valence-corrected chi connectivity index (χ4v) is 3.44. The molecule has 1 saturated carbocycles. The van der Waals surface area contributed by atoms with Gasteiger partial charge < -0.3 is 11.1 Å². The highest BCUT2D eigenvalue weighted by atomic mass is 19.1. The molecule has 2 aromatic carbocycles. The Morgan fingerprint density at radius 1 is 1.04 bits per heavy atom. The van der Waals surface area contributed by atoms with E-state index in [4.69, 9.17) is 5.73 Å². The Balaban J connectivity index is 1.81. The molecule has 1 fully saturated rings. The van der Waals surface area contributed by atoms with E-state index >= 15 is 0 Å². The number of nitrogens with one attached hydrogen (secondary N) is 1. The molecule has 0 bridgehead atoms. The quantitative estimate of drug-likeness (QED) is 0.872. The van der Waals surface area contributed by atoms with Gasteiger partial charge in [0.1, 0.15) is 5.82 Å². The molecule has 2 amide bonds. The van der Waals surface area contributed by atoms with E-state index in [1.807, 2.05) is 0 Å². The summed E-state index contributed by atoms with van der Waals surface area (Å²) in [7, 11) is 0. The molecule has 4 nitrogen and oxygen atoms in total. The van der Waals surface area contributed by atoms with Gasteiger partial charge in [-0.25, -0.2) is 4.39 Å². The van der Waals surface area contributed by atoms with Crippen LogP contribution in [0, 0.1) is 12.7 Å². The summed E-state index contributed by atoms with van der Waals surface area (Å²) in [5, 5.41) is 3.08. The molecule has 0 unspecified atom stereocenters. The van der Waals surface area contributed by atoms with Crippen molar-refractivity contribution in [3.63, 3.8) is 0 Å². The summed E-state index contributed by atoms with van der Waals surface area (Å²) in [6.45, 7) is 1.65. The number of amides is 2. The standard InChI is InChI=1S/C21H23FN2O2/c1-13-18(11-16(20(23)25)12-19(13)22)14-7-9-15(10-8-14)21(26)24-17-5-3-2-4-6-17/h7-12,17H,2-6H2,1H3,(H2,23,25)(H,24,26). The van der Waals surface area contributed by atoms with Crippen molar-refractivity contribution in [2.75, 3.05) is 0 Å². The van der Waals surface area contributed by atoms with Gasteiger partial charge in [-0.05, 0) is 60.7 Å². The number of carbonyl (C=O) groups excluding carboxylic acids is 2. The van der Waals surface area contributed by atoms with E-state index in [9.17, 15) is 14.0 Å². The summed E-state index contributed by atoms with van der Waals surface area (Å²) >= 11 is 0. The molecular weight excluding hydrogens is 331 g/mol. The van der Waals surface area contributed by atoms with Gasteiger partial charge in [0.2, 0.25) is 5.91 Å². The van der Waals surface area contributed by atoms with Gasteiger partial charge in [-0.15, -0.1) is 0 Å². The van der Waals surface area contributed by atoms with Crippen LogP contribution in [0.15, 0.2) is 36.4 Å². The Kier molecular flexibility index (Phi) is 5.35. The zero-order chi connectivity index (χ0) is 18.7. The first-order valence-electron chi connectivity index (χ1n) is 8.97. The second-order valence-electron chi connectivity index (χ2n) is 6.88. The molecule has 136 valence electrons. The lowest BCUT2D eigenvalue weighted by Crippen LogP contribution is -2.36. The summed E-state index contributed by atoms with van der Waals surface area (Å²) in [5.41, 5.74) is 7.74. The molecule has 26 heavy (non-hydrogen) atoms. The average Bonchev–Trinajstić information content (AvgIpc) is 2.64. The van der Waals surface area contributed by atoms with Crippen LogP contribution in [0.5, 0.6) is 0 Å². The van der Waals surface area contributed by atoms with E-state index in [-0.39, 0.29) is 17.5 Å². The van der Waals surface area contributed by atoms with Crippen molar-refractivity contribution in [2.45, 2.75) is 45.1 Å². The lowest BCUT2D eigenvalue weighted by atomic mass is 9.94. The summed E-state index contributed by atoms with van der Waals surface area (Å²) in [6.07, 6.45) is 5.61. The predicted octanol–water partition coefficient (Wildman–Crippen LogP) is 3.96. The van der Waals surface area contributed by atoms with Gasteiger partial charge in [0.15, 0.2) is 0 Å². The Morgan fingerprint density at radius 2 is 1.69 bits per heavy atom. The molecule has 3 rings (SSSR count). The van der Waals surface area contributed by atoms with Gasteiger partial charge in [-0.1, -0.05) is 31.4 Å². The maximum Gasteiger partial charge on any atom is 0.251 e. The number of nitrogens with two attached hydrogens (primary N) is 1. The van der Waals surface area contributed by atoms with Crippen LogP contribution in [-0.2, 0) is 0 Å². The largest absolute Gasteiger partial charge is 0.366 e. The molecule has 1 aliphatic rings. The fraction of sp³-hybridized carbons (Fsp3) is 0.333. The van der Waals surface area contributed by atoms with E-state index in [0.717, 1.165) is 37.3 Å². The SMILES string of the molecule is Cc1c(F)cc(C(N)=O)cc1-c1ccc(C(=O)NC2CCCCC2)cc1. The lowest BCUT2D eigenvalue weighted by Gasteiger charge is -2.22. The van der Waals surface area contributed by atoms with E-state index in [1.165, 1.54) is 6.42 Å². The highest BCUT2D eigenvalue weighted by Gasteiger charge is 2.17. The maximum absolute atomic E-state index is 14.1. The van der Waals surface area contributed by atoms with Crippen LogP contribution in [0.2, 0.25) is 0 Å². The molecular formula is C21H23FN2O2. The molecule has 0 aliphatic heterocycles. The zero-order valence-electron chi connectivity index (χ0n) is 14.8. The molecule has 0 aromatic heterocycles. The molecule has 0 radical (unpaired) electrons. The first kappa shape index (κ1) is 18.1. The molecule has 5 heteroatoms. The molecule has 1 aliphatic carbocycles. The third kappa shape index (κ3) is 3.93. The molecule has 2 aromatic rings. The van der Waals surface area contributed by atoms with E-state index < -0.39 is 11.7 Å². The number of benzene rings is 2. The number of rotatable bonds is 4. The van der Waals surface area contributed by atoms with Crippen molar-refractivity contribution < 1.29 is 14.0 Å². The van der Waals surface area contributed by atoms with Crippen LogP contribution in [0.4, 0.5) is 4.39 Å². The first-order chi connectivity index (χ1) is 12.5. The van der Waals surface area contributed by atoms with Gasteiger partial charge in [0, 0.05) is 17.2 Å². The van der Waals surface area contributed by atoms with Gasteiger partial charge >= 0.3 is 0 Å². The lowest BCUT2D eigenvalue weighted by molar-refractivity contribution is 0.0927. The monoisotopic (exact) mass is 354 g/mol. The Labute approximate surface area is 152 Å². The highest BCUT2D eigenvalue weighted by Crippen LogP contribution is 2.27. The van der Waals surface area contributed by atoms with Crippen molar-refractivity contribution >= 4 is 11.8 Å². The molecule has 0 atom stereocenters. The summed E-state index contributed by atoms with van der Waals surface area (Å²) in [5.74, 6) is -1.23. The van der Waals surface area contributed by atoms with Gasteiger partial charge in [0.25, 0.3) is 5.91 Å². The van der Waals surface area contributed by atoms with Crippen molar-refractivity contribution in [3.8, 4) is 11.1 Å². The molecule has 0 spiro atoms. The second kappa shape index (κ2) is 7.68. The van der Waals surface area contributed by atoms with Crippen molar-refractivity contribution in [1.29, 1.82) is 0 Å². The van der Waals surface area contributed by atoms with Crippen LogP contribution >= 0.6 is 0 Å². The van der Waals surface area contributed by atoms with Crippen LogP contribution < -0.4 is 11.1 Å². The van der Waals surface area contributed by atoms with Crippen molar-refractivity contribution in [2.24, 2.45) is 5.73 Å². The fourth-order valence-electron chi connectivity index (χ4n) is 3.44. The third-order valence-electron chi connectivity index (χ3n) is 5.03. The summed E-state index contributed by atoms with van der Waals surface area (Å²) in [4.78, 5) is 23.8. The van der Waals surface area contributed by atoms with Crippen LogP contribution in [0.3, 0.4) is 0 Å². The number of primary amides is 1. The van der Waals surface area contributed by atoms with Crippen LogP contribution in [0.25, 0.3) is 11.1 Å². The van der Waals surface area contributed by atoms with Crippen LogP contribution in [0.1, 0.15) is 58.4 Å². The summed E-state index contributed by atoms with van der Waals surface area (Å²) < 4.78 is 14.1. The smallest absolute Gasteiger partial charge is 0.251 e. The van der Waals surface area contributed by atoms with Crippen LogP contribution in [-0.4, -0.2) is 17.9 Å². The van der Waals surface area contributed by atoms with E-state index in [0.29, 0.717) is 16.7 Å². The number of hydrogen-bond donors (Lipinski definition) is 2. The molecule has 0 heterocycles. The minimum Gasteiger partial charge on any atom is -0.366 e. The summed E-state index contributed by atoms with van der Waals surface area (Å²) in [6, 6.07) is 9.96. The predicted molar refractivity (Wildman–Crippen MR) is 99.4 cm³/mol. The normalized spacial score (nSPS) is 14.8. The zero-order valence-corrected chi connectivity index (χ0v) is 14.8. The Bertz CT molecular complexity index is 825. The minimum absolute atomic E-state index is 0.0859. The topological polar surface area (TPSA) is 72.2 Å². The molecule has 3 N–H and O–H groups in total. The molecule has 0 saturated heterocycles. The minimum atomic E-state index is -0.673. The maximum atomic E-state index is 14.1. The Hall–Kier alpha value is -2.69. The van der Waals surface area contributed by atoms with E-state index in [2.05, 4.69) is 5.32 Å². The Morgan fingerprint density at radius 3 is 2.31 bits per heavy atom. The van der Waals surface area contributed by atoms with Gasteiger partial charge in [-0.3, -0.25) is 9.59 Å². The van der Waals surface area contributed by atoms with Gasteiger partial charge in [0.05, 0.1) is 0 Å². The third-order valence-corrected chi connectivity index (χ3v) is 5.03. The van der Waals surface area contributed by atoms with Crippen molar-refractivity contribution in [1.82, 2.24) is 5.32 Å². The average molecular weight is 354 g/mol. The number of hydrogen-bond acceptors (Lipinski definition) is 2. The van der Waals surface area contributed by atoms with E-state index in [1.54, 1.807) is 37.3 Å². The number of halogens is 1. The first-order valence-corrected chi connectivity index (χ1v) is 8.97. The second-order valence-corrected chi connectivity index (χ2v) is 6.88. The van der Waals surface area contributed by atoms with Gasteiger partial charge in [-0.2, -0.15) is 0 Å². The highest BCUT2D eigenvalue weighted by molar-refractivity contribution is 5.96. The van der Waals surface area contributed by atoms with Crippen molar-refractivity contribution in [3.05, 3.63) is 58.9 Å².